The Hall–Kier alpha value is -3.10. The monoisotopic (exact) mass is 583 g/mol. The average molecular weight is 584 g/mol. The summed E-state index contributed by atoms with van der Waals surface area (Å²) in [5, 5.41) is 16.6. The van der Waals surface area contributed by atoms with Crippen molar-refractivity contribution in [2.45, 2.75) is 38.5 Å². The van der Waals surface area contributed by atoms with Crippen LogP contribution in [0.2, 0.25) is 5.04 Å². The lowest BCUT2D eigenvalue weighted by Gasteiger charge is -2.43. The average Bonchev–Trinajstić information content (AvgIpc) is 3.02. The molecule has 4 aromatic rings. The summed E-state index contributed by atoms with van der Waals surface area (Å²) in [6, 6.07) is 41.2. The Morgan fingerprint density at radius 3 is 1.74 bits per heavy atom. The van der Waals surface area contributed by atoms with Crippen LogP contribution >= 0.6 is 0 Å². The molecule has 0 fully saturated rings. The van der Waals surface area contributed by atoms with Crippen LogP contribution in [0.5, 0.6) is 0 Å². The topological polar surface area (TPSA) is 60.0 Å². The maximum absolute atomic E-state index is 10.7. The van der Waals surface area contributed by atoms with Crippen molar-refractivity contribution < 1.29 is 19.0 Å². The highest BCUT2D eigenvalue weighted by atomic mass is 28.4. The molecule has 2 unspecified atom stereocenters. The second kappa shape index (κ2) is 15.9. The van der Waals surface area contributed by atoms with E-state index in [1.54, 1.807) is 0 Å². The highest BCUT2D eigenvalue weighted by Crippen LogP contribution is 2.37. The van der Waals surface area contributed by atoms with E-state index in [1.807, 2.05) is 60.7 Å². The third-order valence-electron chi connectivity index (χ3n) is 7.54. The van der Waals surface area contributed by atoms with E-state index in [-0.39, 0.29) is 17.7 Å². The number of nitrogens with one attached hydrogen (secondary N) is 1. The van der Waals surface area contributed by atoms with Gasteiger partial charge in [-0.15, -0.1) is 0 Å². The summed E-state index contributed by atoms with van der Waals surface area (Å²) in [6.45, 7) is 9.65. The van der Waals surface area contributed by atoms with Crippen molar-refractivity contribution in [1.29, 1.82) is 0 Å². The Morgan fingerprint density at radius 2 is 1.19 bits per heavy atom. The second-order valence-corrected chi connectivity index (χ2v) is 16.1. The number of hydrogen-bond acceptors (Lipinski definition) is 5. The first kappa shape index (κ1) is 31.8. The predicted octanol–water partition coefficient (Wildman–Crippen LogP) is 5.69. The van der Waals surface area contributed by atoms with Gasteiger partial charge in [-0.1, -0.05) is 142 Å². The van der Waals surface area contributed by atoms with Crippen LogP contribution in [-0.2, 0) is 20.5 Å². The normalized spacial score (nSPS) is 13.5. The van der Waals surface area contributed by atoms with E-state index >= 15 is 0 Å². The minimum Gasteiger partial charge on any atom is -0.407 e. The van der Waals surface area contributed by atoms with Gasteiger partial charge in [-0.2, -0.15) is 0 Å². The minimum atomic E-state index is -2.69. The third-order valence-corrected chi connectivity index (χ3v) is 12.5. The molecule has 0 radical (unpaired) electrons. The zero-order valence-electron chi connectivity index (χ0n) is 25.1. The maximum Gasteiger partial charge on any atom is 0.261 e. The molecule has 0 amide bonds. The van der Waals surface area contributed by atoms with Crippen LogP contribution in [0.1, 0.15) is 38.0 Å². The van der Waals surface area contributed by atoms with Crippen molar-refractivity contribution in [3.63, 3.8) is 0 Å². The van der Waals surface area contributed by atoms with Crippen LogP contribution < -0.4 is 15.7 Å². The van der Waals surface area contributed by atoms with Crippen molar-refractivity contribution in [2.75, 3.05) is 33.1 Å². The Labute approximate surface area is 252 Å². The molecule has 0 aliphatic carbocycles. The lowest BCUT2D eigenvalue weighted by atomic mass is 10.1. The zero-order valence-corrected chi connectivity index (χ0v) is 26.1. The number of aliphatic hydroxyl groups excluding tert-OH is 1. The first-order valence-corrected chi connectivity index (χ1v) is 16.7. The molecule has 0 spiro atoms. The van der Waals surface area contributed by atoms with Crippen molar-refractivity contribution in [3.05, 3.63) is 132 Å². The van der Waals surface area contributed by atoms with E-state index in [0.29, 0.717) is 32.9 Å². The van der Waals surface area contributed by atoms with Gasteiger partial charge in [-0.05, 0) is 26.5 Å². The molecule has 222 valence electrons. The van der Waals surface area contributed by atoms with Gasteiger partial charge in [0, 0.05) is 25.6 Å². The highest BCUT2D eigenvalue weighted by molar-refractivity contribution is 6.99. The van der Waals surface area contributed by atoms with E-state index in [0.717, 1.165) is 11.1 Å². The molecular formula is C36H45NO4Si. The van der Waals surface area contributed by atoms with Crippen molar-refractivity contribution >= 4 is 18.7 Å². The molecule has 0 aliphatic heterocycles. The van der Waals surface area contributed by atoms with Gasteiger partial charge in [0.1, 0.15) is 6.79 Å². The van der Waals surface area contributed by atoms with Crippen molar-refractivity contribution in [2.24, 2.45) is 5.92 Å². The number of hydrogen-bond donors (Lipinski definition) is 2. The van der Waals surface area contributed by atoms with Crippen LogP contribution in [0.15, 0.2) is 121 Å². The Balaban J connectivity index is 1.47. The molecule has 2 N–H and O–H groups in total. The fourth-order valence-corrected chi connectivity index (χ4v) is 10.0. The smallest absolute Gasteiger partial charge is 0.261 e. The molecule has 0 aliphatic rings. The largest absolute Gasteiger partial charge is 0.407 e. The lowest BCUT2D eigenvalue weighted by Crippen LogP contribution is -2.67. The number of aliphatic hydroxyl groups is 1. The Bertz CT molecular complexity index is 1240. The van der Waals surface area contributed by atoms with Crippen molar-refractivity contribution in [1.82, 2.24) is 5.32 Å². The summed E-state index contributed by atoms with van der Waals surface area (Å²) >= 11 is 0. The van der Waals surface area contributed by atoms with E-state index in [2.05, 4.69) is 86.8 Å². The van der Waals surface area contributed by atoms with Gasteiger partial charge < -0.3 is 24.3 Å². The zero-order chi connectivity index (χ0) is 29.7. The van der Waals surface area contributed by atoms with Gasteiger partial charge in [-0.3, -0.25) is 0 Å². The molecule has 0 saturated carbocycles. The summed E-state index contributed by atoms with van der Waals surface area (Å²) in [6.07, 6.45) is -0.584. The van der Waals surface area contributed by atoms with Crippen LogP contribution in [0.25, 0.3) is 0 Å². The number of rotatable bonds is 16. The Kier molecular flexibility index (Phi) is 12.1. The molecule has 0 aromatic heterocycles. The molecule has 5 nitrogen and oxygen atoms in total. The molecule has 4 aromatic carbocycles. The summed E-state index contributed by atoms with van der Waals surface area (Å²) < 4.78 is 19.0. The van der Waals surface area contributed by atoms with E-state index in [9.17, 15) is 5.11 Å². The summed E-state index contributed by atoms with van der Waals surface area (Å²) in [7, 11) is -2.69. The molecule has 0 saturated heterocycles. The maximum atomic E-state index is 10.7. The number of ether oxygens (including phenoxy) is 2. The van der Waals surface area contributed by atoms with Crippen LogP contribution in [0.4, 0.5) is 0 Å². The summed E-state index contributed by atoms with van der Waals surface area (Å²) in [5.74, 6) is 0.0509. The second-order valence-electron chi connectivity index (χ2n) is 11.7. The van der Waals surface area contributed by atoms with E-state index in [4.69, 9.17) is 13.9 Å². The quantitative estimate of drug-likeness (QED) is 0.101. The van der Waals surface area contributed by atoms with E-state index < -0.39 is 14.4 Å². The SMILES string of the molecule is CC(C)(C)[Si](OCC(CNCC(O)c1ccccc1)COCOCc1ccccc1)(c1ccccc1)c1ccccc1. The molecule has 6 heteroatoms. The van der Waals surface area contributed by atoms with Gasteiger partial charge >= 0.3 is 0 Å². The first-order chi connectivity index (χ1) is 20.4. The fraction of sp³-hybridized carbons (Fsp3) is 0.333. The van der Waals surface area contributed by atoms with Crippen LogP contribution in [0.3, 0.4) is 0 Å². The van der Waals surface area contributed by atoms with Crippen LogP contribution in [-0.4, -0.2) is 46.5 Å². The molecule has 42 heavy (non-hydrogen) atoms. The van der Waals surface area contributed by atoms with Gasteiger partial charge in [0.25, 0.3) is 8.32 Å². The predicted molar refractivity (Wildman–Crippen MR) is 173 cm³/mol. The van der Waals surface area contributed by atoms with Crippen molar-refractivity contribution in [3.8, 4) is 0 Å². The molecule has 2 atom stereocenters. The van der Waals surface area contributed by atoms with Gasteiger partial charge in [0.05, 0.1) is 19.3 Å². The van der Waals surface area contributed by atoms with E-state index in [1.165, 1.54) is 10.4 Å². The minimum absolute atomic E-state index is 0.0509. The summed E-state index contributed by atoms with van der Waals surface area (Å²) in [4.78, 5) is 0. The van der Waals surface area contributed by atoms with Gasteiger partial charge in [-0.25, -0.2) is 0 Å². The van der Waals surface area contributed by atoms with Gasteiger partial charge in [0.2, 0.25) is 0 Å². The lowest BCUT2D eigenvalue weighted by molar-refractivity contribution is -0.0749. The third kappa shape index (κ3) is 8.71. The fourth-order valence-electron chi connectivity index (χ4n) is 5.40. The van der Waals surface area contributed by atoms with Gasteiger partial charge in [0.15, 0.2) is 0 Å². The standard InChI is InChI=1S/C36H45NO4Si/c1-36(2,3)42(33-20-12-6-13-21-33,34-22-14-7-15-23-34)41-28-31(24-37-25-35(38)32-18-10-5-11-19-32)27-40-29-39-26-30-16-8-4-9-17-30/h4-23,31,35,37-38H,24-29H2,1-3H3. The number of benzene rings is 4. The molecular weight excluding hydrogens is 538 g/mol. The molecule has 4 rings (SSSR count). The summed E-state index contributed by atoms with van der Waals surface area (Å²) in [5.41, 5.74) is 2.01. The van der Waals surface area contributed by atoms with Crippen LogP contribution in [0, 0.1) is 5.92 Å². The highest BCUT2D eigenvalue weighted by Gasteiger charge is 2.50. The molecule has 0 heterocycles. The Morgan fingerprint density at radius 1 is 0.667 bits per heavy atom. The first-order valence-electron chi connectivity index (χ1n) is 14.8. The molecule has 0 bridgehead atoms.